The molecule has 1 aromatic carbocycles. The number of hydrogen-bond acceptors (Lipinski definition) is 2. The van der Waals surface area contributed by atoms with Crippen LogP contribution in [-0.2, 0) is 11.2 Å². The first-order chi connectivity index (χ1) is 8.31. The molecule has 4 heteroatoms. The lowest BCUT2D eigenvalue weighted by Crippen LogP contribution is -2.36. The maximum atomic E-state index is 13.6. The Morgan fingerprint density at radius 1 is 1.39 bits per heavy atom. The van der Waals surface area contributed by atoms with E-state index in [2.05, 4.69) is 5.32 Å². The van der Waals surface area contributed by atoms with E-state index in [4.69, 9.17) is 16.3 Å². The van der Waals surface area contributed by atoms with Crippen molar-refractivity contribution in [1.82, 2.24) is 5.32 Å². The van der Waals surface area contributed by atoms with Crippen LogP contribution in [0.3, 0.4) is 0 Å². The Hall–Kier alpha value is -0.640. The van der Waals surface area contributed by atoms with E-state index in [1.807, 2.05) is 27.8 Å². The van der Waals surface area contributed by atoms with Gasteiger partial charge in [-0.1, -0.05) is 11.6 Å². The molecule has 0 aliphatic carbocycles. The van der Waals surface area contributed by atoms with Gasteiger partial charge in [0.2, 0.25) is 0 Å². The summed E-state index contributed by atoms with van der Waals surface area (Å²) in [6, 6.07) is 4.69. The molecule has 0 fully saturated rings. The lowest BCUT2D eigenvalue weighted by atomic mass is 10.1. The zero-order valence-corrected chi connectivity index (χ0v) is 12.1. The van der Waals surface area contributed by atoms with Crippen molar-refractivity contribution in [2.45, 2.75) is 38.8 Å². The highest BCUT2D eigenvalue weighted by atomic mass is 35.5. The minimum Gasteiger partial charge on any atom is -0.374 e. The van der Waals surface area contributed by atoms with Gasteiger partial charge in [0.25, 0.3) is 0 Å². The third-order valence-electron chi connectivity index (χ3n) is 2.60. The van der Waals surface area contributed by atoms with Crippen molar-refractivity contribution in [3.05, 3.63) is 34.6 Å². The number of hydrogen-bond donors (Lipinski definition) is 1. The van der Waals surface area contributed by atoms with Crippen LogP contribution in [0.5, 0.6) is 0 Å². The summed E-state index contributed by atoms with van der Waals surface area (Å²) in [5.41, 5.74) is 0.418. The molecule has 18 heavy (non-hydrogen) atoms. The van der Waals surface area contributed by atoms with Crippen LogP contribution < -0.4 is 5.32 Å². The number of ether oxygens (including phenoxy) is 1. The first kappa shape index (κ1) is 15.4. The van der Waals surface area contributed by atoms with E-state index in [0.29, 0.717) is 23.6 Å². The normalized spacial score (nSPS) is 13.7. The van der Waals surface area contributed by atoms with E-state index in [1.165, 1.54) is 6.07 Å². The van der Waals surface area contributed by atoms with E-state index in [9.17, 15) is 4.39 Å². The lowest BCUT2D eigenvalue weighted by Gasteiger charge is -2.24. The predicted octanol–water partition coefficient (Wildman–Crippen LogP) is 3.42. The maximum Gasteiger partial charge on any atom is 0.126 e. The average molecular weight is 274 g/mol. The zero-order valence-electron chi connectivity index (χ0n) is 11.4. The van der Waals surface area contributed by atoms with Crippen LogP contribution >= 0.6 is 11.6 Å². The highest BCUT2D eigenvalue weighted by molar-refractivity contribution is 6.30. The Morgan fingerprint density at radius 3 is 2.61 bits per heavy atom. The zero-order chi connectivity index (χ0) is 13.8. The molecule has 1 N–H and O–H groups in total. The number of nitrogens with one attached hydrogen (secondary N) is 1. The molecule has 1 rings (SSSR count). The summed E-state index contributed by atoms with van der Waals surface area (Å²) in [5.74, 6) is -0.226. The second-order valence-electron chi connectivity index (χ2n) is 5.35. The quantitative estimate of drug-likeness (QED) is 0.888. The Kier molecular flexibility index (Phi) is 5.57. The van der Waals surface area contributed by atoms with E-state index in [0.717, 1.165) is 0 Å². The first-order valence-corrected chi connectivity index (χ1v) is 6.45. The Morgan fingerprint density at radius 2 is 2.06 bits per heavy atom. The number of benzene rings is 1. The van der Waals surface area contributed by atoms with Crippen molar-refractivity contribution in [2.75, 3.05) is 13.7 Å². The van der Waals surface area contributed by atoms with Crippen molar-refractivity contribution in [3.63, 3.8) is 0 Å². The van der Waals surface area contributed by atoms with Crippen LogP contribution in [-0.4, -0.2) is 25.3 Å². The molecule has 0 aromatic heterocycles. The molecule has 0 radical (unpaired) electrons. The molecular formula is C14H21ClFNO. The Bertz CT molecular complexity index is 390. The van der Waals surface area contributed by atoms with E-state index in [-0.39, 0.29) is 17.5 Å². The molecule has 2 nitrogen and oxygen atoms in total. The smallest absolute Gasteiger partial charge is 0.126 e. The molecule has 1 atom stereocenters. The van der Waals surface area contributed by atoms with Gasteiger partial charge in [0.1, 0.15) is 5.82 Å². The second-order valence-corrected chi connectivity index (χ2v) is 5.79. The van der Waals surface area contributed by atoms with Crippen LogP contribution in [0.25, 0.3) is 0 Å². The lowest BCUT2D eigenvalue weighted by molar-refractivity contribution is -0.0135. The summed E-state index contributed by atoms with van der Waals surface area (Å²) in [6.07, 6.45) is 0.555. The molecule has 0 aliphatic rings. The van der Waals surface area contributed by atoms with Gasteiger partial charge in [-0.2, -0.15) is 0 Å². The molecule has 0 saturated carbocycles. The van der Waals surface area contributed by atoms with Crippen LogP contribution in [0.1, 0.15) is 26.3 Å². The average Bonchev–Trinajstić information content (AvgIpc) is 2.27. The molecular weight excluding hydrogens is 253 g/mol. The molecule has 0 aliphatic heterocycles. The topological polar surface area (TPSA) is 21.3 Å². The summed E-state index contributed by atoms with van der Waals surface area (Å²) < 4.78 is 19.3. The third kappa shape index (κ3) is 5.34. The minimum absolute atomic E-state index is 0.0668. The molecule has 0 bridgehead atoms. The highest BCUT2D eigenvalue weighted by Crippen LogP contribution is 2.17. The van der Waals surface area contributed by atoms with Crippen molar-refractivity contribution >= 4 is 11.6 Å². The van der Waals surface area contributed by atoms with Gasteiger partial charge in [-0.15, -0.1) is 0 Å². The number of likely N-dealkylation sites (N-methyl/N-ethyl adjacent to an activating group) is 1. The molecule has 1 unspecified atom stereocenters. The van der Waals surface area contributed by atoms with Crippen LogP contribution in [0.4, 0.5) is 4.39 Å². The molecule has 0 heterocycles. The van der Waals surface area contributed by atoms with Gasteiger partial charge in [-0.3, -0.25) is 0 Å². The second kappa shape index (κ2) is 6.50. The summed E-state index contributed by atoms with van der Waals surface area (Å²) in [5, 5.41) is 3.69. The Labute approximate surface area is 113 Å². The minimum atomic E-state index is -0.226. The van der Waals surface area contributed by atoms with Gasteiger partial charge in [0.15, 0.2) is 0 Å². The largest absolute Gasteiger partial charge is 0.374 e. The standard InChI is InChI=1S/C14H21ClFNO/c1-14(2,3)18-9-12(17-4)8-10-7-11(15)5-6-13(10)16/h5-7,12,17H,8-9H2,1-4H3. The van der Waals surface area contributed by atoms with E-state index < -0.39 is 0 Å². The summed E-state index contributed by atoms with van der Waals surface area (Å²) >= 11 is 5.87. The SMILES string of the molecule is CNC(COC(C)(C)C)Cc1cc(Cl)ccc1F. The summed E-state index contributed by atoms with van der Waals surface area (Å²) in [6.45, 7) is 6.53. The fourth-order valence-electron chi connectivity index (χ4n) is 1.56. The Balaban J connectivity index is 2.65. The van der Waals surface area contributed by atoms with Crippen molar-refractivity contribution in [3.8, 4) is 0 Å². The van der Waals surface area contributed by atoms with Gasteiger partial charge in [-0.25, -0.2) is 4.39 Å². The number of halogens is 2. The van der Waals surface area contributed by atoms with Crippen molar-refractivity contribution < 1.29 is 9.13 Å². The number of rotatable bonds is 5. The first-order valence-electron chi connectivity index (χ1n) is 6.07. The van der Waals surface area contributed by atoms with E-state index >= 15 is 0 Å². The molecule has 102 valence electrons. The fourth-order valence-corrected chi connectivity index (χ4v) is 1.75. The van der Waals surface area contributed by atoms with Crippen molar-refractivity contribution in [1.29, 1.82) is 0 Å². The van der Waals surface area contributed by atoms with Crippen LogP contribution in [0.15, 0.2) is 18.2 Å². The fraction of sp³-hybridized carbons (Fsp3) is 0.571. The molecule has 1 aromatic rings. The van der Waals surface area contributed by atoms with Gasteiger partial charge < -0.3 is 10.1 Å². The molecule has 0 saturated heterocycles. The third-order valence-corrected chi connectivity index (χ3v) is 2.83. The maximum absolute atomic E-state index is 13.6. The monoisotopic (exact) mass is 273 g/mol. The van der Waals surface area contributed by atoms with Crippen LogP contribution in [0.2, 0.25) is 5.02 Å². The summed E-state index contributed by atoms with van der Waals surface area (Å²) in [7, 11) is 1.85. The van der Waals surface area contributed by atoms with Gasteiger partial charge in [0.05, 0.1) is 12.2 Å². The van der Waals surface area contributed by atoms with Gasteiger partial charge in [-0.05, 0) is 58.0 Å². The summed E-state index contributed by atoms with van der Waals surface area (Å²) in [4.78, 5) is 0. The van der Waals surface area contributed by atoms with Crippen LogP contribution in [0, 0.1) is 5.82 Å². The molecule has 0 amide bonds. The predicted molar refractivity (Wildman–Crippen MR) is 73.7 cm³/mol. The molecule has 0 spiro atoms. The van der Waals surface area contributed by atoms with Gasteiger partial charge >= 0.3 is 0 Å². The highest BCUT2D eigenvalue weighted by Gasteiger charge is 2.16. The van der Waals surface area contributed by atoms with Crippen molar-refractivity contribution in [2.24, 2.45) is 0 Å². The van der Waals surface area contributed by atoms with Gasteiger partial charge in [0, 0.05) is 11.1 Å². The van der Waals surface area contributed by atoms with E-state index in [1.54, 1.807) is 12.1 Å².